The molecule has 2 atom stereocenters. The van der Waals surface area contributed by atoms with E-state index in [4.69, 9.17) is 9.47 Å². The molecule has 0 saturated carbocycles. The number of nitrogens with one attached hydrogen (secondary N) is 1. The molecule has 114 valence electrons. The second kappa shape index (κ2) is 5.85. The van der Waals surface area contributed by atoms with E-state index in [-0.39, 0.29) is 0 Å². The van der Waals surface area contributed by atoms with Crippen molar-refractivity contribution in [3.8, 4) is 11.5 Å². The highest BCUT2D eigenvalue weighted by Gasteiger charge is 2.31. The van der Waals surface area contributed by atoms with E-state index in [1.54, 1.807) is 0 Å². The van der Waals surface area contributed by atoms with Gasteiger partial charge in [-0.1, -0.05) is 6.07 Å². The molecule has 1 aromatic rings. The van der Waals surface area contributed by atoms with Crippen molar-refractivity contribution in [2.45, 2.75) is 44.3 Å². The molecule has 2 saturated heterocycles. The third kappa shape index (κ3) is 2.87. The summed E-state index contributed by atoms with van der Waals surface area (Å²) in [5.74, 6) is 1.77. The minimum absolute atomic E-state index is 0.657. The van der Waals surface area contributed by atoms with E-state index in [9.17, 15) is 0 Å². The normalized spacial score (nSPS) is 28.4. The first-order valence-electron chi connectivity index (χ1n) is 8.24. The standard InChI is InChI=1S/C17H24N2O2/c1-2-15-11-14(5-7-19(15)6-1)18-12-13-3-4-16-17(10-13)21-9-8-20-16/h3-4,10,14-15,18H,1-2,5-9,11-12H2. The first-order valence-corrected chi connectivity index (χ1v) is 8.24. The molecule has 0 amide bonds. The second-order valence-electron chi connectivity index (χ2n) is 6.41. The first-order chi connectivity index (χ1) is 10.4. The lowest BCUT2D eigenvalue weighted by Crippen LogP contribution is -2.45. The van der Waals surface area contributed by atoms with E-state index in [0.717, 1.165) is 24.1 Å². The van der Waals surface area contributed by atoms with Crippen molar-refractivity contribution in [3.63, 3.8) is 0 Å². The molecule has 1 N–H and O–H groups in total. The highest BCUT2D eigenvalue weighted by molar-refractivity contribution is 5.43. The maximum atomic E-state index is 5.65. The van der Waals surface area contributed by atoms with Crippen LogP contribution in [-0.2, 0) is 6.54 Å². The van der Waals surface area contributed by atoms with Crippen LogP contribution in [0.2, 0.25) is 0 Å². The van der Waals surface area contributed by atoms with Crippen LogP contribution in [-0.4, -0.2) is 43.3 Å². The van der Waals surface area contributed by atoms with E-state index in [1.807, 2.05) is 6.07 Å². The van der Waals surface area contributed by atoms with Crippen molar-refractivity contribution in [1.82, 2.24) is 10.2 Å². The van der Waals surface area contributed by atoms with Gasteiger partial charge in [0.05, 0.1) is 0 Å². The van der Waals surface area contributed by atoms with Gasteiger partial charge >= 0.3 is 0 Å². The van der Waals surface area contributed by atoms with Crippen LogP contribution >= 0.6 is 0 Å². The molecule has 0 aromatic heterocycles. The van der Waals surface area contributed by atoms with Gasteiger partial charge in [0.1, 0.15) is 13.2 Å². The minimum atomic E-state index is 0.657. The summed E-state index contributed by atoms with van der Waals surface area (Å²) in [5, 5.41) is 3.73. The lowest BCUT2D eigenvalue weighted by molar-refractivity contribution is 0.166. The van der Waals surface area contributed by atoms with Gasteiger partial charge in [0, 0.05) is 18.6 Å². The summed E-state index contributed by atoms with van der Waals surface area (Å²) < 4.78 is 11.2. The number of nitrogens with zero attached hydrogens (tertiary/aromatic N) is 1. The molecule has 1 aromatic carbocycles. The largest absolute Gasteiger partial charge is 0.486 e. The van der Waals surface area contributed by atoms with Crippen LogP contribution in [0, 0.1) is 0 Å². The number of fused-ring (bicyclic) bond motifs is 2. The Bertz CT molecular complexity index is 506. The Hall–Kier alpha value is -1.26. The average molecular weight is 288 g/mol. The Morgan fingerprint density at radius 2 is 2.00 bits per heavy atom. The van der Waals surface area contributed by atoms with E-state index in [1.165, 1.54) is 44.3 Å². The average Bonchev–Trinajstić information content (AvgIpc) is 3.00. The summed E-state index contributed by atoms with van der Waals surface area (Å²) >= 11 is 0. The number of benzene rings is 1. The number of hydrogen-bond acceptors (Lipinski definition) is 4. The van der Waals surface area contributed by atoms with Crippen molar-refractivity contribution in [2.24, 2.45) is 0 Å². The smallest absolute Gasteiger partial charge is 0.161 e. The zero-order valence-electron chi connectivity index (χ0n) is 12.5. The molecule has 3 heterocycles. The summed E-state index contributed by atoms with van der Waals surface area (Å²) in [6.45, 7) is 4.83. The molecule has 0 aliphatic carbocycles. The minimum Gasteiger partial charge on any atom is -0.486 e. The zero-order valence-corrected chi connectivity index (χ0v) is 12.5. The van der Waals surface area contributed by atoms with Crippen LogP contribution in [0.25, 0.3) is 0 Å². The molecule has 4 heteroatoms. The van der Waals surface area contributed by atoms with Gasteiger partial charge < -0.3 is 19.7 Å². The maximum Gasteiger partial charge on any atom is 0.161 e. The van der Waals surface area contributed by atoms with E-state index in [0.29, 0.717) is 19.3 Å². The molecule has 21 heavy (non-hydrogen) atoms. The number of hydrogen-bond donors (Lipinski definition) is 1. The summed E-state index contributed by atoms with van der Waals surface area (Å²) in [7, 11) is 0. The lowest BCUT2D eigenvalue weighted by Gasteiger charge is -2.35. The fraction of sp³-hybridized carbons (Fsp3) is 0.647. The van der Waals surface area contributed by atoms with Gasteiger partial charge in [-0.05, 0) is 56.5 Å². The Labute approximate surface area is 126 Å². The molecular formula is C17H24N2O2. The molecule has 2 fully saturated rings. The van der Waals surface area contributed by atoms with Crippen LogP contribution in [0.1, 0.15) is 31.2 Å². The Kier molecular flexibility index (Phi) is 3.74. The molecule has 3 aliphatic rings. The van der Waals surface area contributed by atoms with Crippen molar-refractivity contribution in [1.29, 1.82) is 0 Å². The van der Waals surface area contributed by atoms with Crippen LogP contribution in [0.15, 0.2) is 18.2 Å². The van der Waals surface area contributed by atoms with Gasteiger partial charge in [0.25, 0.3) is 0 Å². The molecule has 0 spiro atoms. The maximum absolute atomic E-state index is 5.65. The summed E-state index contributed by atoms with van der Waals surface area (Å²) in [6.07, 6.45) is 5.37. The summed E-state index contributed by atoms with van der Waals surface area (Å²) in [4.78, 5) is 2.67. The molecular weight excluding hydrogens is 264 g/mol. The number of piperidine rings is 1. The fourth-order valence-corrected chi connectivity index (χ4v) is 3.87. The van der Waals surface area contributed by atoms with Crippen molar-refractivity contribution >= 4 is 0 Å². The molecule has 2 unspecified atom stereocenters. The zero-order chi connectivity index (χ0) is 14.1. The van der Waals surface area contributed by atoms with E-state index < -0.39 is 0 Å². The predicted octanol–water partition coefficient (Wildman–Crippen LogP) is 2.17. The highest BCUT2D eigenvalue weighted by atomic mass is 16.6. The number of rotatable bonds is 3. The van der Waals surface area contributed by atoms with Gasteiger partial charge in [0.2, 0.25) is 0 Å². The quantitative estimate of drug-likeness (QED) is 0.924. The Morgan fingerprint density at radius 3 is 2.95 bits per heavy atom. The highest BCUT2D eigenvalue weighted by Crippen LogP contribution is 2.31. The molecule has 4 rings (SSSR count). The van der Waals surface area contributed by atoms with Crippen LogP contribution in [0.5, 0.6) is 11.5 Å². The Morgan fingerprint density at radius 1 is 1.10 bits per heavy atom. The van der Waals surface area contributed by atoms with Gasteiger partial charge in [-0.2, -0.15) is 0 Å². The molecule has 0 radical (unpaired) electrons. The number of ether oxygens (including phenoxy) is 2. The van der Waals surface area contributed by atoms with Crippen LogP contribution < -0.4 is 14.8 Å². The van der Waals surface area contributed by atoms with Gasteiger partial charge in [0.15, 0.2) is 11.5 Å². The third-order valence-corrected chi connectivity index (χ3v) is 5.02. The molecule has 4 nitrogen and oxygen atoms in total. The van der Waals surface area contributed by atoms with Gasteiger partial charge in [-0.15, -0.1) is 0 Å². The SMILES string of the molecule is c1cc2c(cc1CNC1CCN3CCCC3C1)OCCO2. The lowest BCUT2D eigenvalue weighted by atomic mass is 9.97. The van der Waals surface area contributed by atoms with Gasteiger partial charge in [-0.3, -0.25) is 0 Å². The second-order valence-corrected chi connectivity index (χ2v) is 6.41. The third-order valence-electron chi connectivity index (χ3n) is 5.02. The monoisotopic (exact) mass is 288 g/mol. The molecule has 3 aliphatic heterocycles. The van der Waals surface area contributed by atoms with E-state index >= 15 is 0 Å². The molecule has 0 bridgehead atoms. The fourth-order valence-electron chi connectivity index (χ4n) is 3.87. The topological polar surface area (TPSA) is 33.7 Å². The summed E-state index contributed by atoms with van der Waals surface area (Å²) in [6, 6.07) is 7.79. The van der Waals surface area contributed by atoms with Crippen molar-refractivity contribution in [3.05, 3.63) is 23.8 Å². The summed E-state index contributed by atoms with van der Waals surface area (Å²) in [5.41, 5.74) is 1.29. The predicted molar refractivity (Wildman–Crippen MR) is 81.9 cm³/mol. The Balaban J connectivity index is 1.34. The van der Waals surface area contributed by atoms with Crippen molar-refractivity contribution in [2.75, 3.05) is 26.3 Å². The van der Waals surface area contributed by atoms with E-state index in [2.05, 4.69) is 22.3 Å². The first kappa shape index (κ1) is 13.4. The van der Waals surface area contributed by atoms with Crippen molar-refractivity contribution < 1.29 is 9.47 Å². The van der Waals surface area contributed by atoms with Crippen LogP contribution in [0.4, 0.5) is 0 Å². The van der Waals surface area contributed by atoms with Gasteiger partial charge in [-0.25, -0.2) is 0 Å². The van der Waals surface area contributed by atoms with Crippen LogP contribution in [0.3, 0.4) is 0 Å².